The highest BCUT2D eigenvalue weighted by Crippen LogP contribution is 2.17. The summed E-state index contributed by atoms with van der Waals surface area (Å²) >= 11 is 3.19. The van der Waals surface area contributed by atoms with Crippen molar-refractivity contribution in [1.82, 2.24) is 0 Å². The van der Waals surface area contributed by atoms with Crippen molar-refractivity contribution in [3.8, 4) is 0 Å². The van der Waals surface area contributed by atoms with Gasteiger partial charge in [0.1, 0.15) is 0 Å². The predicted octanol–water partition coefficient (Wildman–Crippen LogP) is 1.91. The van der Waals surface area contributed by atoms with E-state index < -0.39 is 0 Å². The molecule has 0 spiro atoms. The van der Waals surface area contributed by atoms with E-state index in [1.165, 1.54) is 0 Å². The predicted molar refractivity (Wildman–Crippen MR) is 38.9 cm³/mol. The van der Waals surface area contributed by atoms with Crippen molar-refractivity contribution in [2.75, 3.05) is 0 Å². The van der Waals surface area contributed by atoms with Gasteiger partial charge in [-0.2, -0.15) is 0 Å². The summed E-state index contributed by atoms with van der Waals surface area (Å²) in [6.45, 7) is 7.30. The number of aliphatic hydroxyl groups is 1. The highest BCUT2D eigenvalue weighted by atomic mass is 79.9. The van der Waals surface area contributed by atoms with Crippen molar-refractivity contribution in [3.63, 3.8) is 0 Å². The number of aliphatic hydroxyl groups excluding tert-OH is 1. The lowest BCUT2D eigenvalue weighted by Crippen LogP contribution is -2.11. The fourth-order valence-electron chi connectivity index (χ4n) is 0.262. The first-order valence-corrected chi connectivity index (χ1v) is 3.37. The van der Waals surface area contributed by atoms with Crippen molar-refractivity contribution < 1.29 is 5.11 Å². The standard InChI is InChI=1S/C6H11BrO/c1-4(5(2)7)6(3)8/h4,6,8H,2H2,1,3H3. The summed E-state index contributed by atoms with van der Waals surface area (Å²) in [5, 5.41) is 8.90. The van der Waals surface area contributed by atoms with Crippen LogP contribution in [0.3, 0.4) is 0 Å². The highest BCUT2D eigenvalue weighted by Gasteiger charge is 2.08. The molecule has 1 N–H and O–H groups in total. The molecule has 0 saturated carbocycles. The molecule has 0 bridgehead atoms. The van der Waals surface area contributed by atoms with Gasteiger partial charge in [0, 0.05) is 5.92 Å². The topological polar surface area (TPSA) is 20.2 Å². The minimum atomic E-state index is -0.304. The molecule has 8 heavy (non-hydrogen) atoms. The van der Waals surface area contributed by atoms with Gasteiger partial charge in [-0.15, -0.1) is 0 Å². The van der Waals surface area contributed by atoms with E-state index in [9.17, 15) is 0 Å². The molecule has 1 nitrogen and oxygen atoms in total. The molecule has 0 amide bonds. The Morgan fingerprint density at radius 2 is 2.00 bits per heavy atom. The lowest BCUT2D eigenvalue weighted by atomic mass is 10.1. The van der Waals surface area contributed by atoms with Gasteiger partial charge in [0.05, 0.1) is 6.10 Å². The molecular formula is C6H11BrO. The number of rotatable bonds is 2. The molecule has 0 aliphatic heterocycles. The molecule has 0 aromatic carbocycles. The van der Waals surface area contributed by atoms with Crippen LogP contribution in [0.25, 0.3) is 0 Å². The van der Waals surface area contributed by atoms with Crippen LogP contribution in [0.1, 0.15) is 13.8 Å². The normalized spacial score (nSPS) is 17.5. The van der Waals surface area contributed by atoms with Crippen LogP contribution in [0.5, 0.6) is 0 Å². The first-order chi connectivity index (χ1) is 3.55. The molecule has 0 radical (unpaired) electrons. The molecule has 0 aliphatic carbocycles. The molecule has 0 aromatic heterocycles. The second-order valence-electron chi connectivity index (χ2n) is 1.98. The zero-order chi connectivity index (χ0) is 6.73. The summed E-state index contributed by atoms with van der Waals surface area (Å²) in [7, 11) is 0. The highest BCUT2D eigenvalue weighted by molar-refractivity contribution is 9.11. The SMILES string of the molecule is C=C(Br)C(C)C(C)O. The summed E-state index contributed by atoms with van der Waals surface area (Å²) in [4.78, 5) is 0. The molecule has 0 aliphatic rings. The van der Waals surface area contributed by atoms with Crippen LogP contribution in [0, 0.1) is 5.92 Å². The lowest BCUT2D eigenvalue weighted by Gasteiger charge is -2.11. The van der Waals surface area contributed by atoms with E-state index in [0.717, 1.165) is 4.48 Å². The van der Waals surface area contributed by atoms with Crippen LogP contribution < -0.4 is 0 Å². The van der Waals surface area contributed by atoms with Crippen LogP contribution in [-0.2, 0) is 0 Å². The van der Waals surface area contributed by atoms with Crippen LogP contribution in [0.15, 0.2) is 11.1 Å². The monoisotopic (exact) mass is 178 g/mol. The van der Waals surface area contributed by atoms with Crippen molar-refractivity contribution >= 4 is 15.9 Å². The number of hydrogen-bond donors (Lipinski definition) is 1. The second kappa shape index (κ2) is 3.25. The van der Waals surface area contributed by atoms with Crippen LogP contribution in [0.2, 0.25) is 0 Å². The third kappa shape index (κ3) is 2.48. The molecule has 2 heteroatoms. The lowest BCUT2D eigenvalue weighted by molar-refractivity contribution is 0.156. The Bertz CT molecular complexity index is 88.5. The van der Waals surface area contributed by atoms with Crippen LogP contribution in [-0.4, -0.2) is 11.2 Å². The molecule has 2 unspecified atom stereocenters. The van der Waals surface area contributed by atoms with E-state index in [2.05, 4.69) is 22.5 Å². The third-order valence-electron chi connectivity index (χ3n) is 1.22. The molecule has 2 atom stereocenters. The van der Waals surface area contributed by atoms with Gasteiger partial charge >= 0.3 is 0 Å². The second-order valence-corrected chi connectivity index (χ2v) is 2.99. The van der Waals surface area contributed by atoms with Crippen LogP contribution in [0.4, 0.5) is 0 Å². The third-order valence-corrected chi connectivity index (χ3v) is 1.94. The van der Waals surface area contributed by atoms with Gasteiger partial charge in [-0.25, -0.2) is 0 Å². The van der Waals surface area contributed by atoms with Crippen LogP contribution >= 0.6 is 15.9 Å². The van der Waals surface area contributed by atoms with E-state index in [4.69, 9.17) is 5.11 Å². The van der Waals surface area contributed by atoms with E-state index in [1.54, 1.807) is 6.92 Å². The Hall–Kier alpha value is 0.180. The van der Waals surface area contributed by atoms with Gasteiger partial charge < -0.3 is 5.11 Å². The summed E-state index contributed by atoms with van der Waals surface area (Å²) in [6, 6.07) is 0. The van der Waals surface area contributed by atoms with Gasteiger partial charge in [0.25, 0.3) is 0 Å². The molecule has 0 heterocycles. The maximum atomic E-state index is 8.90. The Labute approximate surface area is 58.5 Å². The van der Waals surface area contributed by atoms with Crippen molar-refractivity contribution in [3.05, 3.63) is 11.1 Å². The average molecular weight is 179 g/mol. The van der Waals surface area contributed by atoms with Crippen molar-refractivity contribution in [1.29, 1.82) is 0 Å². The molecule has 0 rings (SSSR count). The first kappa shape index (κ1) is 8.18. The minimum Gasteiger partial charge on any atom is -0.393 e. The van der Waals surface area contributed by atoms with Crippen molar-refractivity contribution in [2.45, 2.75) is 20.0 Å². The maximum absolute atomic E-state index is 8.90. The number of hydrogen-bond acceptors (Lipinski definition) is 1. The van der Waals surface area contributed by atoms with Gasteiger partial charge in [-0.05, 0) is 11.4 Å². The smallest absolute Gasteiger partial charge is 0.0582 e. The van der Waals surface area contributed by atoms with Gasteiger partial charge in [-0.3, -0.25) is 0 Å². The van der Waals surface area contributed by atoms with Gasteiger partial charge in [0.15, 0.2) is 0 Å². The Morgan fingerprint density at radius 3 is 2.00 bits per heavy atom. The molecule has 0 aromatic rings. The molecule has 48 valence electrons. The van der Waals surface area contributed by atoms with E-state index in [0.29, 0.717) is 0 Å². The summed E-state index contributed by atoms with van der Waals surface area (Å²) in [5.74, 6) is 0.148. The van der Waals surface area contributed by atoms with E-state index in [-0.39, 0.29) is 12.0 Å². The zero-order valence-corrected chi connectivity index (χ0v) is 6.77. The summed E-state index contributed by atoms with van der Waals surface area (Å²) in [5.41, 5.74) is 0. The Morgan fingerprint density at radius 1 is 1.62 bits per heavy atom. The Kier molecular flexibility index (Phi) is 3.33. The molecular weight excluding hydrogens is 168 g/mol. The fourth-order valence-corrected chi connectivity index (χ4v) is 0.644. The average Bonchev–Trinajstić information content (AvgIpc) is 1.64. The minimum absolute atomic E-state index is 0.148. The summed E-state index contributed by atoms with van der Waals surface area (Å²) in [6.07, 6.45) is -0.304. The zero-order valence-electron chi connectivity index (χ0n) is 5.19. The van der Waals surface area contributed by atoms with Gasteiger partial charge in [-0.1, -0.05) is 29.4 Å². The molecule has 0 saturated heterocycles. The summed E-state index contributed by atoms with van der Waals surface area (Å²) < 4.78 is 0.854. The largest absolute Gasteiger partial charge is 0.393 e. The van der Waals surface area contributed by atoms with E-state index in [1.807, 2.05) is 6.92 Å². The number of halogens is 1. The Balaban J connectivity index is 3.64. The van der Waals surface area contributed by atoms with Crippen molar-refractivity contribution in [2.24, 2.45) is 5.92 Å². The first-order valence-electron chi connectivity index (χ1n) is 2.58. The maximum Gasteiger partial charge on any atom is 0.0582 e. The van der Waals surface area contributed by atoms with Gasteiger partial charge in [0.2, 0.25) is 0 Å². The fraction of sp³-hybridized carbons (Fsp3) is 0.667. The quantitative estimate of drug-likeness (QED) is 0.686. The van der Waals surface area contributed by atoms with E-state index >= 15 is 0 Å². The molecule has 0 fully saturated rings.